The summed E-state index contributed by atoms with van der Waals surface area (Å²) in [6, 6.07) is 1.53. The molecule has 194 valence electrons. The summed E-state index contributed by atoms with van der Waals surface area (Å²) >= 11 is 11.4. The van der Waals surface area contributed by atoms with Crippen molar-refractivity contribution in [2.24, 2.45) is 5.41 Å². The topological polar surface area (TPSA) is 53.5 Å². The third-order valence-corrected chi connectivity index (χ3v) is 11.0. The molecule has 0 saturated heterocycles. The van der Waals surface area contributed by atoms with E-state index >= 15 is 8.78 Å². The van der Waals surface area contributed by atoms with E-state index in [4.69, 9.17) is 32.7 Å². The largest absolute Gasteiger partial charge is 0.598 e. The van der Waals surface area contributed by atoms with E-state index in [9.17, 15) is 4.55 Å². The highest BCUT2D eigenvalue weighted by atomic mass is 35.5. The Balaban J connectivity index is 1.92. The van der Waals surface area contributed by atoms with Gasteiger partial charge in [-0.15, -0.1) is 4.72 Å². The van der Waals surface area contributed by atoms with Gasteiger partial charge in [0.2, 0.25) is 0 Å². The molecule has 3 rings (SSSR count). The highest BCUT2D eigenvalue weighted by Gasteiger charge is 2.60. The molecule has 2 saturated carbocycles. The van der Waals surface area contributed by atoms with Crippen LogP contribution in [0.5, 0.6) is 5.75 Å². The third kappa shape index (κ3) is 6.42. The van der Waals surface area contributed by atoms with Crippen LogP contribution in [0.1, 0.15) is 64.5 Å². The van der Waals surface area contributed by atoms with Crippen molar-refractivity contribution in [3.63, 3.8) is 0 Å². The van der Waals surface area contributed by atoms with Gasteiger partial charge in [-0.2, -0.15) is 0 Å². The standard InChI is InChI=1S/C24H37Cl2F2NO3SSi/c1-22(2,3)33(30)29-21(23-7-9-24(28,14-23)10-8-23)18-19(26)16(25)13-17(20(18)27)32-15-31-11-12-34(4,5)6/h13,21,29H,7-12,14-15H2,1-6H3. The molecule has 2 aliphatic rings. The fraction of sp³-hybridized carbons (Fsp3) is 0.750. The smallest absolute Gasteiger partial charge is 0.189 e. The molecule has 1 aromatic carbocycles. The van der Waals surface area contributed by atoms with E-state index < -0.39 is 47.1 Å². The minimum absolute atomic E-state index is 0.0345. The summed E-state index contributed by atoms with van der Waals surface area (Å²) in [6.07, 6.45) is 2.20. The lowest BCUT2D eigenvalue weighted by molar-refractivity contribution is 0.0195. The molecule has 1 aromatic rings. The molecule has 34 heavy (non-hydrogen) atoms. The molecule has 10 heteroatoms. The molecular formula is C24H37Cl2F2NO3SSi. The van der Waals surface area contributed by atoms with Gasteiger partial charge in [-0.25, -0.2) is 8.78 Å². The summed E-state index contributed by atoms with van der Waals surface area (Å²) in [5.74, 6) is -0.756. The predicted molar refractivity (Wildman–Crippen MR) is 139 cm³/mol. The number of rotatable bonds is 10. The molecule has 2 aliphatic carbocycles. The highest BCUT2D eigenvalue weighted by Crippen LogP contribution is 2.64. The van der Waals surface area contributed by atoms with Crippen molar-refractivity contribution in [3.8, 4) is 5.75 Å². The molecule has 0 aliphatic heterocycles. The average molecular weight is 557 g/mol. The molecular weight excluding hydrogens is 519 g/mol. The zero-order valence-electron chi connectivity index (χ0n) is 21.0. The van der Waals surface area contributed by atoms with Crippen LogP contribution in [0, 0.1) is 11.2 Å². The van der Waals surface area contributed by atoms with E-state index in [-0.39, 0.29) is 34.6 Å². The van der Waals surface area contributed by atoms with Gasteiger partial charge in [0.15, 0.2) is 18.4 Å². The molecule has 2 bridgehead atoms. The van der Waals surface area contributed by atoms with E-state index in [0.29, 0.717) is 32.3 Å². The summed E-state index contributed by atoms with van der Waals surface area (Å²) in [6.45, 7) is 12.6. The van der Waals surface area contributed by atoms with Gasteiger partial charge in [0.05, 0.1) is 16.1 Å². The van der Waals surface area contributed by atoms with E-state index in [1.54, 1.807) is 0 Å². The highest BCUT2D eigenvalue weighted by molar-refractivity contribution is 7.90. The molecule has 2 atom stereocenters. The van der Waals surface area contributed by atoms with Crippen molar-refractivity contribution in [1.29, 1.82) is 0 Å². The number of nitrogens with one attached hydrogen (secondary N) is 1. The van der Waals surface area contributed by atoms with Crippen LogP contribution < -0.4 is 9.46 Å². The SMILES string of the molecule is CC(C)(C)[S+]([O-])NC(c1c(F)c(OCOCC[Si](C)(C)C)cc(Cl)c1Cl)C12CCC(F)(CC1)C2. The second-order valence-electron chi connectivity index (χ2n) is 12.0. The third-order valence-electron chi connectivity index (χ3n) is 6.94. The zero-order valence-corrected chi connectivity index (χ0v) is 24.3. The minimum Gasteiger partial charge on any atom is -0.598 e. The summed E-state index contributed by atoms with van der Waals surface area (Å²) in [5.41, 5.74) is -1.78. The number of alkyl halides is 1. The van der Waals surface area contributed by atoms with Gasteiger partial charge in [0, 0.05) is 37.7 Å². The molecule has 0 radical (unpaired) electrons. The van der Waals surface area contributed by atoms with Crippen LogP contribution >= 0.6 is 23.2 Å². The first-order valence-corrected chi connectivity index (χ1v) is 17.4. The Morgan fingerprint density at radius 3 is 2.32 bits per heavy atom. The minimum atomic E-state index is -1.54. The first-order chi connectivity index (χ1) is 15.6. The monoisotopic (exact) mass is 555 g/mol. The summed E-state index contributed by atoms with van der Waals surface area (Å²) in [5, 5.41) is 0.162. The number of halogens is 4. The fourth-order valence-electron chi connectivity index (χ4n) is 4.85. The summed E-state index contributed by atoms with van der Waals surface area (Å²) in [4.78, 5) is 0. The van der Waals surface area contributed by atoms with Crippen molar-refractivity contribution in [1.82, 2.24) is 4.72 Å². The van der Waals surface area contributed by atoms with Crippen LogP contribution in [0.15, 0.2) is 6.07 Å². The lowest BCUT2D eigenvalue weighted by atomic mass is 9.74. The Hall–Kier alpha value is -0.0931. The molecule has 0 amide bonds. The van der Waals surface area contributed by atoms with E-state index in [0.717, 1.165) is 6.04 Å². The quantitative estimate of drug-likeness (QED) is 0.106. The van der Waals surface area contributed by atoms with Gasteiger partial charge in [-0.3, -0.25) is 0 Å². The Kier molecular flexibility index (Phi) is 8.66. The summed E-state index contributed by atoms with van der Waals surface area (Å²) in [7, 11) is -1.26. The van der Waals surface area contributed by atoms with E-state index in [1.807, 2.05) is 20.8 Å². The Morgan fingerprint density at radius 1 is 1.21 bits per heavy atom. The number of hydrogen-bond acceptors (Lipinski definition) is 4. The molecule has 0 spiro atoms. The van der Waals surface area contributed by atoms with Crippen LogP contribution in [0.2, 0.25) is 35.7 Å². The summed E-state index contributed by atoms with van der Waals surface area (Å²) < 4.78 is 57.9. The van der Waals surface area contributed by atoms with Crippen molar-refractivity contribution < 1.29 is 22.8 Å². The molecule has 0 heterocycles. The Morgan fingerprint density at radius 2 is 1.82 bits per heavy atom. The van der Waals surface area contributed by atoms with Crippen LogP contribution in [0.4, 0.5) is 8.78 Å². The molecule has 1 N–H and O–H groups in total. The van der Waals surface area contributed by atoms with Crippen LogP contribution in [0.25, 0.3) is 0 Å². The van der Waals surface area contributed by atoms with Gasteiger partial charge in [-0.05, 0) is 64.3 Å². The van der Waals surface area contributed by atoms with Crippen molar-refractivity contribution >= 4 is 42.6 Å². The molecule has 2 unspecified atom stereocenters. The number of hydrogen-bond donors (Lipinski definition) is 1. The van der Waals surface area contributed by atoms with Crippen molar-refractivity contribution in [2.45, 2.75) is 95.0 Å². The van der Waals surface area contributed by atoms with E-state index in [1.165, 1.54) is 6.07 Å². The van der Waals surface area contributed by atoms with Crippen LogP contribution in [-0.2, 0) is 16.1 Å². The fourth-order valence-corrected chi connectivity index (χ4v) is 6.99. The van der Waals surface area contributed by atoms with Gasteiger partial charge >= 0.3 is 0 Å². The normalized spacial score (nSPS) is 26.7. The molecule has 2 fully saturated rings. The maximum atomic E-state index is 15.9. The molecule has 4 nitrogen and oxygen atoms in total. The van der Waals surface area contributed by atoms with Crippen LogP contribution in [-0.4, -0.2) is 36.4 Å². The number of benzene rings is 1. The van der Waals surface area contributed by atoms with Gasteiger partial charge < -0.3 is 14.0 Å². The number of ether oxygens (including phenoxy) is 2. The second kappa shape index (κ2) is 10.3. The van der Waals surface area contributed by atoms with Gasteiger partial charge in [-0.1, -0.05) is 42.8 Å². The van der Waals surface area contributed by atoms with Crippen LogP contribution in [0.3, 0.4) is 0 Å². The maximum absolute atomic E-state index is 15.9. The first-order valence-electron chi connectivity index (χ1n) is 11.8. The van der Waals surface area contributed by atoms with Gasteiger partial charge in [0.1, 0.15) is 10.4 Å². The number of fused-ring (bicyclic) bond motifs is 2. The second-order valence-corrected chi connectivity index (χ2v) is 20.4. The van der Waals surface area contributed by atoms with Gasteiger partial charge in [0.25, 0.3) is 0 Å². The van der Waals surface area contributed by atoms with E-state index in [2.05, 4.69) is 24.4 Å². The first kappa shape index (κ1) is 28.5. The Labute approximate surface area is 216 Å². The lowest BCUT2D eigenvalue weighted by Gasteiger charge is -2.39. The lowest BCUT2D eigenvalue weighted by Crippen LogP contribution is -2.46. The molecule has 0 aromatic heterocycles. The maximum Gasteiger partial charge on any atom is 0.189 e. The predicted octanol–water partition coefficient (Wildman–Crippen LogP) is 7.59. The Bertz CT molecular complexity index is 886. The average Bonchev–Trinajstić information content (AvgIpc) is 3.23. The van der Waals surface area contributed by atoms with Crippen molar-refractivity contribution in [3.05, 3.63) is 27.5 Å². The zero-order chi connectivity index (χ0) is 25.5. The van der Waals surface area contributed by atoms with Crippen molar-refractivity contribution in [2.75, 3.05) is 13.4 Å².